The first-order valence-corrected chi connectivity index (χ1v) is 8.33. The minimum atomic E-state index is -1.40. The largest absolute Gasteiger partial charge is 0.497 e. The van der Waals surface area contributed by atoms with E-state index in [2.05, 4.69) is 0 Å². The van der Waals surface area contributed by atoms with Crippen molar-refractivity contribution in [2.24, 2.45) is 11.3 Å². The topological polar surface area (TPSA) is 78.9 Å². The highest BCUT2D eigenvalue weighted by Gasteiger charge is 2.55. The van der Waals surface area contributed by atoms with Crippen LogP contribution in [0.15, 0.2) is 24.3 Å². The Labute approximate surface area is 147 Å². The molecule has 1 aromatic rings. The molecule has 1 saturated carbocycles. The number of hydrogen-bond donors (Lipinski definition) is 0. The van der Waals surface area contributed by atoms with Crippen LogP contribution in [0.5, 0.6) is 5.75 Å². The third-order valence-electron chi connectivity index (χ3n) is 5.01. The van der Waals surface area contributed by atoms with E-state index >= 15 is 0 Å². The summed E-state index contributed by atoms with van der Waals surface area (Å²) in [7, 11) is 4.06. The fourth-order valence-electron chi connectivity index (χ4n) is 3.62. The van der Waals surface area contributed by atoms with Crippen LogP contribution in [0.25, 0.3) is 0 Å². The SMILES string of the molecule is COC(=O)C1(C(=O)OC)CCCC[C@H]1CC(=O)c1ccc(OC)cc1. The van der Waals surface area contributed by atoms with Crippen LogP contribution < -0.4 is 4.74 Å². The van der Waals surface area contributed by atoms with Crippen LogP contribution in [-0.4, -0.2) is 39.1 Å². The van der Waals surface area contributed by atoms with Crippen LogP contribution in [0.3, 0.4) is 0 Å². The van der Waals surface area contributed by atoms with Crippen LogP contribution in [0.1, 0.15) is 42.5 Å². The molecule has 0 heterocycles. The van der Waals surface area contributed by atoms with Crippen LogP contribution in [0.2, 0.25) is 0 Å². The number of esters is 2. The molecule has 0 bridgehead atoms. The highest BCUT2D eigenvalue weighted by molar-refractivity contribution is 6.02. The minimum absolute atomic E-state index is 0.0938. The van der Waals surface area contributed by atoms with Crippen LogP contribution in [0.4, 0.5) is 0 Å². The number of methoxy groups -OCH3 is 3. The van der Waals surface area contributed by atoms with Crippen molar-refractivity contribution >= 4 is 17.7 Å². The molecule has 0 amide bonds. The van der Waals surface area contributed by atoms with E-state index in [1.54, 1.807) is 31.4 Å². The quantitative estimate of drug-likeness (QED) is 0.447. The summed E-state index contributed by atoms with van der Waals surface area (Å²) in [6.45, 7) is 0. The second-order valence-electron chi connectivity index (χ2n) is 6.25. The van der Waals surface area contributed by atoms with Gasteiger partial charge < -0.3 is 14.2 Å². The number of benzene rings is 1. The van der Waals surface area contributed by atoms with Gasteiger partial charge in [0.05, 0.1) is 21.3 Å². The van der Waals surface area contributed by atoms with E-state index in [1.165, 1.54) is 14.2 Å². The van der Waals surface area contributed by atoms with Gasteiger partial charge in [-0.1, -0.05) is 12.8 Å². The average molecular weight is 348 g/mol. The van der Waals surface area contributed by atoms with Gasteiger partial charge in [-0.25, -0.2) is 0 Å². The Hall–Kier alpha value is -2.37. The van der Waals surface area contributed by atoms with Gasteiger partial charge in [-0.05, 0) is 43.0 Å². The van der Waals surface area contributed by atoms with Crippen LogP contribution >= 0.6 is 0 Å². The van der Waals surface area contributed by atoms with Crippen molar-refractivity contribution in [2.75, 3.05) is 21.3 Å². The van der Waals surface area contributed by atoms with Crippen molar-refractivity contribution in [3.05, 3.63) is 29.8 Å². The van der Waals surface area contributed by atoms with E-state index in [-0.39, 0.29) is 12.2 Å². The summed E-state index contributed by atoms with van der Waals surface area (Å²) in [6, 6.07) is 6.79. The molecule has 0 N–H and O–H groups in total. The minimum Gasteiger partial charge on any atom is -0.497 e. The zero-order valence-corrected chi connectivity index (χ0v) is 14.9. The molecule has 25 heavy (non-hydrogen) atoms. The van der Waals surface area contributed by atoms with Crippen molar-refractivity contribution in [1.29, 1.82) is 0 Å². The first-order valence-electron chi connectivity index (χ1n) is 8.33. The lowest BCUT2D eigenvalue weighted by Gasteiger charge is -2.38. The Balaban J connectivity index is 2.27. The Bertz CT molecular complexity index is 618. The number of carbonyl (C=O) groups excluding carboxylic acids is 3. The number of ether oxygens (including phenoxy) is 3. The Kier molecular flexibility index (Phi) is 6.17. The average Bonchev–Trinajstić information content (AvgIpc) is 2.67. The highest BCUT2D eigenvalue weighted by atomic mass is 16.5. The molecule has 1 fully saturated rings. The lowest BCUT2D eigenvalue weighted by Crippen LogP contribution is -2.49. The number of carbonyl (C=O) groups is 3. The lowest BCUT2D eigenvalue weighted by atomic mass is 9.64. The number of rotatable bonds is 6. The van der Waals surface area contributed by atoms with Crippen molar-refractivity contribution < 1.29 is 28.6 Å². The van der Waals surface area contributed by atoms with Crippen LogP contribution in [0, 0.1) is 11.3 Å². The van der Waals surface area contributed by atoms with Gasteiger partial charge in [0.25, 0.3) is 0 Å². The molecule has 0 aromatic heterocycles. The Morgan fingerprint density at radius 2 is 1.60 bits per heavy atom. The van der Waals surface area contributed by atoms with Gasteiger partial charge in [-0.2, -0.15) is 0 Å². The van der Waals surface area contributed by atoms with Gasteiger partial charge in [0, 0.05) is 12.0 Å². The molecular formula is C19H24O6. The van der Waals surface area contributed by atoms with E-state index in [0.717, 1.165) is 12.8 Å². The molecule has 1 aromatic carbocycles. The first-order chi connectivity index (χ1) is 12.0. The van der Waals surface area contributed by atoms with Gasteiger partial charge in [-0.15, -0.1) is 0 Å². The molecular weight excluding hydrogens is 324 g/mol. The van der Waals surface area contributed by atoms with E-state index in [9.17, 15) is 14.4 Å². The molecule has 136 valence electrons. The highest BCUT2D eigenvalue weighted by Crippen LogP contribution is 2.45. The lowest BCUT2D eigenvalue weighted by molar-refractivity contribution is -0.176. The summed E-state index contributed by atoms with van der Waals surface area (Å²) in [5.74, 6) is -1.13. The summed E-state index contributed by atoms with van der Waals surface area (Å²) in [5.41, 5.74) is -0.876. The fraction of sp³-hybridized carbons (Fsp3) is 0.526. The molecule has 0 unspecified atom stereocenters. The predicted molar refractivity (Wildman–Crippen MR) is 90.4 cm³/mol. The molecule has 0 spiro atoms. The van der Waals surface area contributed by atoms with Crippen molar-refractivity contribution in [2.45, 2.75) is 32.1 Å². The molecule has 2 rings (SSSR count). The molecule has 0 radical (unpaired) electrons. The maximum atomic E-state index is 12.7. The normalized spacial score (nSPS) is 18.9. The van der Waals surface area contributed by atoms with E-state index < -0.39 is 23.3 Å². The Morgan fingerprint density at radius 1 is 1.00 bits per heavy atom. The summed E-state index contributed by atoms with van der Waals surface area (Å²) in [5, 5.41) is 0. The number of ketones is 1. The van der Waals surface area contributed by atoms with Crippen molar-refractivity contribution in [3.8, 4) is 5.75 Å². The Morgan fingerprint density at radius 3 is 2.12 bits per heavy atom. The second-order valence-corrected chi connectivity index (χ2v) is 6.25. The fourth-order valence-corrected chi connectivity index (χ4v) is 3.62. The van der Waals surface area contributed by atoms with Crippen molar-refractivity contribution in [3.63, 3.8) is 0 Å². The van der Waals surface area contributed by atoms with E-state index in [0.29, 0.717) is 24.2 Å². The summed E-state index contributed by atoms with van der Waals surface area (Å²) >= 11 is 0. The standard InChI is InChI=1S/C19H24O6/c1-23-15-9-7-13(8-10-15)16(20)12-14-6-4-5-11-19(14,17(21)24-2)18(22)25-3/h7-10,14H,4-6,11-12H2,1-3H3/t14-/m0/s1. The molecule has 1 atom stereocenters. The number of hydrogen-bond acceptors (Lipinski definition) is 6. The molecule has 6 heteroatoms. The zero-order chi connectivity index (χ0) is 18.4. The van der Waals surface area contributed by atoms with Gasteiger partial charge in [0.1, 0.15) is 5.75 Å². The van der Waals surface area contributed by atoms with Crippen LogP contribution in [-0.2, 0) is 19.1 Å². The summed E-state index contributed by atoms with van der Waals surface area (Å²) < 4.78 is 14.9. The maximum absolute atomic E-state index is 12.7. The van der Waals surface area contributed by atoms with Gasteiger partial charge >= 0.3 is 11.9 Å². The molecule has 6 nitrogen and oxygen atoms in total. The smallest absolute Gasteiger partial charge is 0.323 e. The predicted octanol–water partition coefficient (Wildman–Crippen LogP) is 2.79. The third-order valence-corrected chi connectivity index (χ3v) is 5.01. The first kappa shape index (κ1) is 19.0. The molecule has 0 aliphatic heterocycles. The van der Waals surface area contributed by atoms with E-state index in [4.69, 9.17) is 14.2 Å². The molecule has 0 saturated heterocycles. The molecule has 1 aliphatic carbocycles. The second kappa shape index (κ2) is 8.14. The van der Waals surface area contributed by atoms with Crippen molar-refractivity contribution in [1.82, 2.24) is 0 Å². The summed E-state index contributed by atoms with van der Waals surface area (Å²) in [6.07, 6.45) is 2.61. The maximum Gasteiger partial charge on any atom is 0.323 e. The van der Waals surface area contributed by atoms with Gasteiger partial charge in [0.2, 0.25) is 0 Å². The summed E-state index contributed by atoms with van der Waals surface area (Å²) in [4.78, 5) is 37.6. The van der Waals surface area contributed by atoms with Gasteiger partial charge in [0.15, 0.2) is 11.2 Å². The van der Waals surface area contributed by atoms with E-state index in [1.807, 2.05) is 0 Å². The monoisotopic (exact) mass is 348 g/mol. The number of Topliss-reactive ketones (excluding diaryl/α,β-unsaturated/α-hetero) is 1. The van der Waals surface area contributed by atoms with Gasteiger partial charge in [-0.3, -0.25) is 14.4 Å². The zero-order valence-electron chi connectivity index (χ0n) is 14.9. The molecule has 1 aliphatic rings. The third kappa shape index (κ3) is 3.67.